The molecule has 0 fully saturated rings. The molecule has 3 rings (SSSR count). The van der Waals surface area contributed by atoms with Crippen LogP contribution in [-0.4, -0.2) is 32.1 Å². The second-order valence-electron chi connectivity index (χ2n) is 6.48. The summed E-state index contributed by atoms with van der Waals surface area (Å²) < 4.78 is 40.6. The Balaban J connectivity index is 2.02. The molecule has 1 aromatic heterocycles. The number of halogens is 4. The molecule has 168 valence electrons. The van der Waals surface area contributed by atoms with Gasteiger partial charge in [0.05, 0.1) is 15.4 Å². The molecule has 0 aliphatic rings. The van der Waals surface area contributed by atoms with Crippen molar-refractivity contribution in [2.24, 2.45) is 0 Å². The first-order valence-electron chi connectivity index (χ1n) is 9.04. The topological polar surface area (TPSA) is 103 Å². The van der Waals surface area contributed by atoms with E-state index in [2.05, 4.69) is 15.5 Å². The predicted octanol–water partition coefficient (Wildman–Crippen LogP) is 4.68. The second-order valence-corrected chi connectivity index (χ2v) is 7.93. The van der Waals surface area contributed by atoms with Gasteiger partial charge in [-0.25, -0.2) is 0 Å². The van der Waals surface area contributed by atoms with Crippen LogP contribution < -0.4 is 5.32 Å². The maximum absolute atomic E-state index is 13.0. The van der Waals surface area contributed by atoms with Crippen LogP contribution in [0.5, 0.6) is 0 Å². The molecule has 0 saturated heterocycles. The maximum atomic E-state index is 13.0. The SMILES string of the molecule is CC(=O)NCCc1nnc(Sc2ccc(C(F)(F)F)cc2[N+](=O)[O-])n1-c1ccc(Cl)cc1. The molecule has 0 aliphatic carbocycles. The Morgan fingerprint density at radius 1 is 1.22 bits per heavy atom. The van der Waals surface area contributed by atoms with Gasteiger partial charge in [0.15, 0.2) is 0 Å². The highest BCUT2D eigenvalue weighted by Crippen LogP contribution is 2.39. The Labute approximate surface area is 188 Å². The molecule has 3 aromatic rings. The van der Waals surface area contributed by atoms with Crippen LogP contribution in [0, 0.1) is 10.1 Å². The Bertz CT molecular complexity index is 1150. The van der Waals surface area contributed by atoms with Crippen molar-refractivity contribution in [1.29, 1.82) is 0 Å². The van der Waals surface area contributed by atoms with Crippen LogP contribution in [0.1, 0.15) is 18.3 Å². The third kappa shape index (κ3) is 5.56. The van der Waals surface area contributed by atoms with E-state index in [9.17, 15) is 28.1 Å². The van der Waals surface area contributed by atoms with Crippen LogP contribution >= 0.6 is 23.4 Å². The number of nitrogens with zero attached hydrogens (tertiary/aromatic N) is 4. The van der Waals surface area contributed by atoms with Gasteiger partial charge in [0.25, 0.3) is 5.69 Å². The molecule has 0 atom stereocenters. The minimum Gasteiger partial charge on any atom is -0.356 e. The van der Waals surface area contributed by atoms with Crippen molar-refractivity contribution in [2.45, 2.75) is 29.6 Å². The summed E-state index contributed by atoms with van der Waals surface area (Å²) in [5.74, 6) is 0.218. The molecule has 0 unspecified atom stereocenters. The Kier molecular flexibility index (Phi) is 7.04. The van der Waals surface area contributed by atoms with E-state index in [4.69, 9.17) is 11.6 Å². The van der Waals surface area contributed by atoms with Gasteiger partial charge >= 0.3 is 6.18 Å². The summed E-state index contributed by atoms with van der Waals surface area (Å²) in [6.07, 6.45) is -4.42. The van der Waals surface area contributed by atoms with E-state index in [-0.39, 0.29) is 22.5 Å². The Hall–Kier alpha value is -3.12. The van der Waals surface area contributed by atoms with E-state index in [0.717, 1.165) is 23.9 Å². The molecule has 1 amide bonds. The standard InChI is InChI=1S/C19H15ClF3N5O3S/c1-11(29)24-9-8-17-25-26-18(27(17)14-5-3-13(20)4-6-14)32-16-7-2-12(19(21,22)23)10-15(16)28(30)31/h2-7,10H,8-9H2,1H3,(H,24,29). The average Bonchev–Trinajstić information content (AvgIpc) is 3.10. The van der Waals surface area contributed by atoms with Crippen molar-refractivity contribution in [1.82, 2.24) is 20.1 Å². The van der Waals surface area contributed by atoms with Gasteiger partial charge in [0.2, 0.25) is 11.1 Å². The maximum Gasteiger partial charge on any atom is 0.416 e. The van der Waals surface area contributed by atoms with Crippen molar-refractivity contribution in [3.05, 3.63) is 69.0 Å². The summed E-state index contributed by atoms with van der Waals surface area (Å²) in [5, 5.41) is 22.9. The van der Waals surface area contributed by atoms with Crippen LogP contribution in [0.25, 0.3) is 5.69 Å². The number of carbonyl (C=O) groups excluding carboxylic acids is 1. The fraction of sp³-hybridized carbons (Fsp3) is 0.211. The van der Waals surface area contributed by atoms with Crippen molar-refractivity contribution in [3.63, 3.8) is 0 Å². The Morgan fingerprint density at radius 2 is 1.91 bits per heavy atom. The number of benzene rings is 2. The number of alkyl halides is 3. The van der Waals surface area contributed by atoms with Crippen molar-refractivity contribution in [3.8, 4) is 5.69 Å². The monoisotopic (exact) mass is 485 g/mol. The number of nitro benzene ring substituents is 1. The highest BCUT2D eigenvalue weighted by Gasteiger charge is 2.33. The molecular formula is C19H15ClF3N5O3S. The lowest BCUT2D eigenvalue weighted by molar-refractivity contribution is -0.388. The van der Waals surface area contributed by atoms with Crippen molar-refractivity contribution in [2.75, 3.05) is 6.54 Å². The van der Waals surface area contributed by atoms with Gasteiger partial charge in [0, 0.05) is 36.7 Å². The Morgan fingerprint density at radius 3 is 2.50 bits per heavy atom. The number of carbonyl (C=O) groups is 1. The normalized spacial score (nSPS) is 11.4. The highest BCUT2D eigenvalue weighted by atomic mass is 35.5. The highest BCUT2D eigenvalue weighted by molar-refractivity contribution is 7.99. The molecule has 1 heterocycles. The van der Waals surface area contributed by atoms with Crippen LogP contribution in [-0.2, 0) is 17.4 Å². The lowest BCUT2D eigenvalue weighted by Crippen LogP contribution is -2.23. The number of nitro groups is 1. The van der Waals surface area contributed by atoms with E-state index >= 15 is 0 Å². The summed E-state index contributed by atoms with van der Waals surface area (Å²) >= 11 is 6.76. The fourth-order valence-electron chi connectivity index (χ4n) is 2.75. The van der Waals surface area contributed by atoms with E-state index in [1.807, 2.05) is 0 Å². The van der Waals surface area contributed by atoms with Gasteiger partial charge < -0.3 is 5.32 Å². The summed E-state index contributed by atoms with van der Waals surface area (Å²) in [6, 6.07) is 8.91. The summed E-state index contributed by atoms with van der Waals surface area (Å²) in [6.45, 7) is 1.64. The average molecular weight is 486 g/mol. The summed E-state index contributed by atoms with van der Waals surface area (Å²) in [4.78, 5) is 21.7. The molecule has 1 N–H and O–H groups in total. The molecule has 2 aromatic carbocycles. The van der Waals surface area contributed by atoms with Gasteiger partial charge in [-0.3, -0.25) is 19.5 Å². The largest absolute Gasteiger partial charge is 0.416 e. The second kappa shape index (κ2) is 9.57. The predicted molar refractivity (Wildman–Crippen MR) is 111 cm³/mol. The number of amides is 1. The molecule has 0 bridgehead atoms. The fourth-order valence-corrected chi connectivity index (χ4v) is 3.83. The number of rotatable bonds is 7. The van der Waals surface area contributed by atoms with Gasteiger partial charge in [0.1, 0.15) is 5.82 Å². The summed E-state index contributed by atoms with van der Waals surface area (Å²) in [5.41, 5.74) is -1.23. The van der Waals surface area contributed by atoms with Crippen LogP contribution in [0.2, 0.25) is 5.02 Å². The molecule has 0 saturated carbocycles. The molecule has 8 nitrogen and oxygen atoms in total. The lowest BCUT2D eigenvalue weighted by atomic mass is 10.2. The van der Waals surface area contributed by atoms with E-state index in [0.29, 0.717) is 29.0 Å². The van der Waals surface area contributed by atoms with Crippen LogP contribution in [0.15, 0.2) is 52.5 Å². The zero-order valence-electron chi connectivity index (χ0n) is 16.4. The number of nitrogens with one attached hydrogen (secondary N) is 1. The first-order chi connectivity index (χ1) is 15.1. The van der Waals surface area contributed by atoms with E-state index in [1.165, 1.54) is 6.92 Å². The smallest absolute Gasteiger partial charge is 0.356 e. The van der Waals surface area contributed by atoms with Crippen molar-refractivity contribution >= 4 is 35.0 Å². The number of hydrogen-bond donors (Lipinski definition) is 1. The van der Waals surface area contributed by atoms with Crippen LogP contribution in [0.4, 0.5) is 18.9 Å². The van der Waals surface area contributed by atoms with Gasteiger partial charge in [-0.2, -0.15) is 13.2 Å². The zero-order valence-corrected chi connectivity index (χ0v) is 18.0. The number of hydrogen-bond acceptors (Lipinski definition) is 6. The molecule has 0 spiro atoms. The minimum absolute atomic E-state index is 0.0287. The van der Waals surface area contributed by atoms with Gasteiger partial charge in [-0.1, -0.05) is 11.6 Å². The van der Waals surface area contributed by atoms with Gasteiger partial charge in [-0.15, -0.1) is 10.2 Å². The molecule has 32 heavy (non-hydrogen) atoms. The lowest BCUT2D eigenvalue weighted by Gasteiger charge is -2.12. The third-order valence-corrected chi connectivity index (χ3v) is 5.46. The van der Waals surface area contributed by atoms with E-state index < -0.39 is 22.4 Å². The van der Waals surface area contributed by atoms with E-state index in [1.54, 1.807) is 28.8 Å². The first kappa shape index (κ1) is 23.5. The first-order valence-corrected chi connectivity index (χ1v) is 10.2. The number of aromatic nitrogens is 3. The molecule has 13 heteroatoms. The zero-order chi connectivity index (χ0) is 23.5. The molecule has 0 aliphatic heterocycles. The third-order valence-electron chi connectivity index (χ3n) is 4.19. The van der Waals surface area contributed by atoms with Crippen LogP contribution in [0.3, 0.4) is 0 Å². The molecular weight excluding hydrogens is 471 g/mol. The summed E-state index contributed by atoms with van der Waals surface area (Å²) in [7, 11) is 0. The minimum atomic E-state index is -4.71. The van der Waals surface area contributed by atoms with Gasteiger partial charge in [-0.05, 0) is 48.2 Å². The quantitative estimate of drug-likeness (QED) is 0.385. The van der Waals surface area contributed by atoms with Crippen molar-refractivity contribution < 1.29 is 22.9 Å². The molecule has 0 radical (unpaired) electrons.